The molecule has 42 heavy (non-hydrogen) atoms. The Morgan fingerprint density at radius 3 is 1.29 bits per heavy atom. The molecule has 0 aliphatic carbocycles. The van der Waals surface area contributed by atoms with Gasteiger partial charge in [0.2, 0.25) is 0 Å². The average molecular weight is 575 g/mol. The quantitative estimate of drug-likeness (QED) is 0.302. The van der Waals surface area contributed by atoms with Crippen molar-refractivity contribution in [2.75, 3.05) is 28.4 Å². The topological polar surface area (TPSA) is 95.8 Å². The Bertz CT molecular complexity index is 1590. The van der Waals surface area contributed by atoms with Gasteiger partial charge in [0.15, 0.2) is 11.6 Å². The Morgan fingerprint density at radius 1 is 0.595 bits per heavy atom. The zero-order valence-electron chi connectivity index (χ0n) is 25.4. The fourth-order valence-corrected chi connectivity index (χ4v) is 7.14. The van der Waals surface area contributed by atoms with E-state index in [1.807, 2.05) is 50.2 Å². The molecule has 4 atom stereocenters. The number of hydrogen-bond donors (Lipinski definition) is 2. The molecule has 4 aromatic rings. The number of benzene rings is 4. The SMILES string of the molecule is COc1c2c(c(OC)c3cc(-c4ccc5c(OC)c6c(c(OC)c5c4)[C@](C)(O)O[C@@H](C)C6)ccc13)[C@](C)(O)O[C@@H](C)C2. The minimum absolute atomic E-state index is 0.187. The molecular formula is C34H38O8. The van der Waals surface area contributed by atoms with Gasteiger partial charge in [0.05, 0.1) is 51.8 Å². The minimum Gasteiger partial charge on any atom is -0.496 e. The van der Waals surface area contributed by atoms with Crippen molar-refractivity contribution in [3.8, 4) is 34.1 Å². The van der Waals surface area contributed by atoms with Crippen molar-refractivity contribution in [3.05, 3.63) is 58.7 Å². The van der Waals surface area contributed by atoms with E-state index in [9.17, 15) is 10.2 Å². The second-order valence-electron chi connectivity index (χ2n) is 11.6. The maximum Gasteiger partial charge on any atom is 0.193 e. The number of rotatable bonds is 5. The number of hydrogen-bond acceptors (Lipinski definition) is 8. The smallest absolute Gasteiger partial charge is 0.193 e. The summed E-state index contributed by atoms with van der Waals surface area (Å²) < 4.78 is 35.6. The minimum atomic E-state index is -1.54. The first kappa shape index (κ1) is 28.6. The maximum absolute atomic E-state index is 11.3. The molecule has 2 aliphatic rings. The lowest BCUT2D eigenvalue weighted by atomic mass is 9.86. The van der Waals surface area contributed by atoms with Crippen LogP contribution in [0.3, 0.4) is 0 Å². The lowest BCUT2D eigenvalue weighted by Gasteiger charge is -2.37. The first-order valence-electron chi connectivity index (χ1n) is 14.2. The lowest BCUT2D eigenvalue weighted by molar-refractivity contribution is -0.232. The molecule has 0 fully saturated rings. The molecule has 0 saturated carbocycles. The molecule has 6 rings (SSSR count). The molecule has 8 nitrogen and oxygen atoms in total. The third-order valence-corrected chi connectivity index (χ3v) is 8.55. The Kier molecular flexibility index (Phi) is 6.81. The summed E-state index contributed by atoms with van der Waals surface area (Å²) in [6.45, 7) is 7.15. The van der Waals surface area contributed by atoms with Crippen LogP contribution in [0.25, 0.3) is 32.7 Å². The molecule has 2 heterocycles. The van der Waals surface area contributed by atoms with E-state index < -0.39 is 11.6 Å². The van der Waals surface area contributed by atoms with Gasteiger partial charge in [-0.1, -0.05) is 12.1 Å². The van der Waals surface area contributed by atoms with Crippen molar-refractivity contribution in [1.82, 2.24) is 0 Å². The molecule has 222 valence electrons. The van der Waals surface area contributed by atoms with Crippen LogP contribution in [0.2, 0.25) is 0 Å². The van der Waals surface area contributed by atoms with Gasteiger partial charge in [-0.15, -0.1) is 0 Å². The van der Waals surface area contributed by atoms with Crippen LogP contribution in [-0.4, -0.2) is 50.9 Å². The van der Waals surface area contributed by atoms with Gasteiger partial charge >= 0.3 is 0 Å². The molecule has 0 radical (unpaired) electrons. The molecule has 2 N–H and O–H groups in total. The molecule has 4 aromatic carbocycles. The number of methoxy groups -OCH3 is 4. The summed E-state index contributed by atoms with van der Waals surface area (Å²) in [6.07, 6.45) is 0.803. The number of fused-ring (bicyclic) bond motifs is 4. The standard InChI is InChI=1S/C34H38O8/c1-17-13-25-27(33(3,35)41-17)31(39-7)23-15-19(9-11-21(23)29(25)37-5)20-10-12-22-24(16-20)32(40-8)28-26(30(22)38-6)14-18(2)42-34(28,4)36/h9-12,15-18,35-36H,13-14H2,1-8H3/t17-,18-,33+,34+/m0/s1. The Labute approximate surface area is 245 Å². The van der Waals surface area contributed by atoms with E-state index in [0.29, 0.717) is 47.0 Å². The van der Waals surface area contributed by atoms with Crippen LogP contribution in [0.15, 0.2) is 36.4 Å². The summed E-state index contributed by atoms with van der Waals surface area (Å²) in [6, 6.07) is 12.2. The van der Waals surface area contributed by atoms with Gasteiger partial charge in [0, 0.05) is 45.5 Å². The average Bonchev–Trinajstić information content (AvgIpc) is 2.93. The van der Waals surface area contributed by atoms with Crippen molar-refractivity contribution < 1.29 is 38.6 Å². The van der Waals surface area contributed by atoms with Crippen LogP contribution in [0, 0.1) is 0 Å². The summed E-state index contributed by atoms with van der Waals surface area (Å²) in [5, 5.41) is 26.0. The summed E-state index contributed by atoms with van der Waals surface area (Å²) in [7, 11) is 6.50. The molecule has 0 aromatic heterocycles. The predicted molar refractivity (Wildman–Crippen MR) is 161 cm³/mol. The normalized spacial score (nSPS) is 25.2. The molecule has 0 saturated heterocycles. The lowest BCUT2D eigenvalue weighted by Crippen LogP contribution is -2.37. The molecule has 0 amide bonds. The Balaban J connectivity index is 1.61. The van der Waals surface area contributed by atoms with Crippen LogP contribution in [0.1, 0.15) is 49.9 Å². The molecule has 0 spiro atoms. The van der Waals surface area contributed by atoms with Gasteiger partial charge in [-0.2, -0.15) is 0 Å². The summed E-state index contributed by atoms with van der Waals surface area (Å²) >= 11 is 0. The molecule has 2 aliphatic heterocycles. The van der Waals surface area contributed by atoms with Crippen molar-refractivity contribution >= 4 is 21.5 Å². The van der Waals surface area contributed by atoms with Gasteiger partial charge in [0.25, 0.3) is 0 Å². The van der Waals surface area contributed by atoms with E-state index in [1.165, 1.54) is 0 Å². The zero-order valence-corrected chi connectivity index (χ0v) is 25.4. The highest BCUT2D eigenvalue weighted by Gasteiger charge is 2.42. The molecule has 0 bridgehead atoms. The van der Waals surface area contributed by atoms with E-state index in [1.54, 1.807) is 42.3 Å². The Morgan fingerprint density at radius 2 is 0.952 bits per heavy atom. The van der Waals surface area contributed by atoms with Crippen LogP contribution >= 0.6 is 0 Å². The number of aliphatic hydroxyl groups is 2. The molecule has 8 heteroatoms. The first-order valence-corrected chi connectivity index (χ1v) is 14.2. The summed E-state index contributed by atoms with van der Waals surface area (Å²) in [4.78, 5) is 0. The maximum atomic E-state index is 11.3. The summed E-state index contributed by atoms with van der Waals surface area (Å²) in [5.74, 6) is -0.574. The van der Waals surface area contributed by atoms with E-state index in [4.69, 9.17) is 28.4 Å². The Hall–Kier alpha value is -3.56. The monoisotopic (exact) mass is 574 g/mol. The summed E-state index contributed by atoms with van der Waals surface area (Å²) in [5.41, 5.74) is 4.77. The van der Waals surface area contributed by atoms with Crippen molar-refractivity contribution in [1.29, 1.82) is 0 Å². The van der Waals surface area contributed by atoms with Gasteiger partial charge in [0.1, 0.15) is 23.0 Å². The predicted octanol–water partition coefficient (Wildman–Crippen LogP) is 5.95. The fraction of sp³-hybridized carbons (Fsp3) is 0.412. The van der Waals surface area contributed by atoms with Crippen molar-refractivity contribution in [3.63, 3.8) is 0 Å². The second kappa shape index (κ2) is 10.0. The number of ether oxygens (including phenoxy) is 6. The van der Waals surface area contributed by atoms with E-state index in [2.05, 4.69) is 0 Å². The van der Waals surface area contributed by atoms with Crippen LogP contribution < -0.4 is 18.9 Å². The second-order valence-corrected chi connectivity index (χ2v) is 11.6. The van der Waals surface area contributed by atoms with Crippen molar-refractivity contribution in [2.24, 2.45) is 0 Å². The van der Waals surface area contributed by atoms with Crippen LogP contribution in [0.4, 0.5) is 0 Å². The first-order chi connectivity index (χ1) is 19.9. The highest BCUT2D eigenvalue weighted by Crippen LogP contribution is 2.51. The third kappa shape index (κ3) is 4.20. The third-order valence-electron chi connectivity index (χ3n) is 8.55. The van der Waals surface area contributed by atoms with Crippen molar-refractivity contribution in [2.45, 2.75) is 64.3 Å². The van der Waals surface area contributed by atoms with Gasteiger partial charge < -0.3 is 38.6 Å². The molecule has 0 unspecified atom stereocenters. The highest BCUT2D eigenvalue weighted by atomic mass is 16.6. The van der Waals surface area contributed by atoms with Gasteiger partial charge in [-0.3, -0.25) is 0 Å². The molecular weight excluding hydrogens is 536 g/mol. The van der Waals surface area contributed by atoms with Crippen LogP contribution in [0.5, 0.6) is 23.0 Å². The van der Waals surface area contributed by atoms with E-state index in [-0.39, 0.29) is 12.2 Å². The fourth-order valence-electron chi connectivity index (χ4n) is 7.14. The van der Waals surface area contributed by atoms with E-state index >= 15 is 0 Å². The largest absolute Gasteiger partial charge is 0.496 e. The highest BCUT2D eigenvalue weighted by molar-refractivity contribution is 6.02. The zero-order chi connectivity index (χ0) is 30.1. The van der Waals surface area contributed by atoms with E-state index in [0.717, 1.165) is 43.8 Å². The van der Waals surface area contributed by atoms with Crippen LogP contribution in [-0.2, 0) is 33.9 Å². The van der Waals surface area contributed by atoms with Gasteiger partial charge in [-0.05, 0) is 63.1 Å². The van der Waals surface area contributed by atoms with Gasteiger partial charge in [-0.25, -0.2) is 0 Å².